The largest absolute Gasteiger partial charge is 0.401 e. The molecule has 0 amide bonds. The number of pyridine rings is 1. The Morgan fingerprint density at radius 1 is 1.33 bits per heavy atom. The van der Waals surface area contributed by atoms with E-state index in [9.17, 15) is 13.2 Å². The summed E-state index contributed by atoms with van der Waals surface area (Å²) in [6.07, 6.45) is -1.32. The zero-order valence-corrected chi connectivity index (χ0v) is 9.77. The molecular weight excluding hydrogens is 247 g/mol. The summed E-state index contributed by atoms with van der Waals surface area (Å²) >= 11 is 0. The lowest BCUT2D eigenvalue weighted by Crippen LogP contribution is -2.41. The number of aliphatic hydroxyl groups excluding tert-OH is 1. The van der Waals surface area contributed by atoms with Crippen LogP contribution in [0.5, 0.6) is 0 Å². The van der Waals surface area contributed by atoms with Crippen molar-refractivity contribution in [1.29, 1.82) is 0 Å². The van der Waals surface area contributed by atoms with E-state index in [0.29, 0.717) is 5.56 Å². The predicted molar refractivity (Wildman–Crippen MR) is 60.7 cm³/mol. The molecule has 7 heteroatoms. The molecule has 0 aliphatic rings. The molecule has 0 aliphatic heterocycles. The van der Waals surface area contributed by atoms with E-state index >= 15 is 0 Å². The Hall–Kier alpha value is -1.18. The number of halogens is 3. The van der Waals surface area contributed by atoms with Gasteiger partial charge in [0.15, 0.2) is 0 Å². The third kappa shape index (κ3) is 4.59. The monoisotopic (exact) mass is 263 g/mol. The van der Waals surface area contributed by atoms with Gasteiger partial charge in [0.05, 0.1) is 13.2 Å². The number of hydrogen-bond acceptors (Lipinski definition) is 4. The maximum absolute atomic E-state index is 12.5. The van der Waals surface area contributed by atoms with Crippen molar-refractivity contribution < 1.29 is 18.3 Å². The molecule has 0 aliphatic carbocycles. The van der Waals surface area contributed by atoms with Crippen molar-refractivity contribution >= 4 is 0 Å². The molecule has 102 valence electrons. The van der Waals surface area contributed by atoms with Crippen molar-refractivity contribution in [2.24, 2.45) is 5.73 Å². The summed E-state index contributed by atoms with van der Waals surface area (Å²) in [4.78, 5) is 4.93. The lowest BCUT2D eigenvalue weighted by molar-refractivity contribution is -0.151. The number of nitrogens with zero attached hydrogens (tertiary/aromatic N) is 2. The van der Waals surface area contributed by atoms with Gasteiger partial charge in [-0.3, -0.25) is 9.88 Å². The maximum atomic E-state index is 12.5. The van der Waals surface area contributed by atoms with E-state index < -0.39 is 18.8 Å². The molecule has 18 heavy (non-hydrogen) atoms. The highest BCUT2D eigenvalue weighted by Crippen LogP contribution is 2.24. The Kier molecular flexibility index (Phi) is 5.52. The summed E-state index contributed by atoms with van der Waals surface area (Å²) in [5, 5.41) is 8.86. The highest BCUT2D eigenvalue weighted by atomic mass is 19.4. The van der Waals surface area contributed by atoms with Crippen molar-refractivity contribution in [2.75, 3.05) is 26.2 Å². The molecule has 4 nitrogen and oxygen atoms in total. The minimum absolute atomic E-state index is 0.0418. The van der Waals surface area contributed by atoms with Gasteiger partial charge in [-0.25, -0.2) is 0 Å². The van der Waals surface area contributed by atoms with Crippen LogP contribution in [0.25, 0.3) is 0 Å². The van der Waals surface area contributed by atoms with Crippen LogP contribution >= 0.6 is 0 Å². The standard InChI is InChI=1S/C11H16F3N3O/c12-11(13,14)8-17(5-6-18)10(7-15)9-1-3-16-4-2-9/h1-4,10,18H,5-8,15H2. The Balaban J connectivity index is 2.87. The van der Waals surface area contributed by atoms with E-state index in [1.807, 2.05) is 0 Å². The van der Waals surface area contributed by atoms with E-state index in [4.69, 9.17) is 10.8 Å². The van der Waals surface area contributed by atoms with Gasteiger partial charge in [0, 0.05) is 31.5 Å². The Bertz CT molecular complexity index is 345. The molecule has 0 aromatic carbocycles. The van der Waals surface area contributed by atoms with Crippen LogP contribution in [-0.2, 0) is 0 Å². The van der Waals surface area contributed by atoms with Crippen molar-refractivity contribution in [3.63, 3.8) is 0 Å². The first kappa shape index (κ1) is 14.9. The molecule has 3 N–H and O–H groups in total. The van der Waals surface area contributed by atoms with Crippen LogP contribution in [-0.4, -0.2) is 47.4 Å². The van der Waals surface area contributed by atoms with Gasteiger partial charge in [-0.1, -0.05) is 0 Å². The molecule has 0 radical (unpaired) electrons. The van der Waals surface area contributed by atoms with Gasteiger partial charge in [-0.15, -0.1) is 0 Å². The second-order valence-electron chi connectivity index (χ2n) is 3.84. The number of rotatable bonds is 6. The molecule has 1 rings (SSSR count). The Morgan fingerprint density at radius 3 is 2.39 bits per heavy atom. The fraction of sp³-hybridized carbons (Fsp3) is 0.545. The minimum Gasteiger partial charge on any atom is -0.395 e. The highest BCUT2D eigenvalue weighted by Gasteiger charge is 2.33. The number of nitrogens with two attached hydrogens (primary N) is 1. The molecule has 1 heterocycles. The van der Waals surface area contributed by atoms with Crippen molar-refractivity contribution in [3.8, 4) is 0 Å². The molecule has 0 spiro atoms. The Labute approximate surface area is 103 Å². The molecule has 1 aromatic heterocycles. The van der Waals surface area contributed by atoms with Crippen molar-refractivity contribution in [2.45, 2.75) is 12.2 Å². The second kappa shape index (κ2) is 6.67. The van der Waals surface area contributed by atoms with Crippen LogP contribution in [0.15, 0.2) is 24.5 Å². The van der Waals surface area contributed by atoms with E-state index in [1.54, 1.807) is 12.1 Å². The van der Waals surface area contributed by atoms with E-state index in [2.05, 4.69) is 4.98 Å². The van der Waals surface area contributed by atoms with Crippen LogP contribution in [0.1, 0.15) is 11.6 Å². The summed E-state index contributed by atoms with van der Waals surface area (Å²) in [5.41, 5.74) is 6.20. The van der Waals surface area contributed by atoms with Crippen LogP contribution in [0.4, 0.5) is 13.2 Å². The molecular formula is C11H16F3N3O. The smallest absolute Gasteiger partial charge is 0.395 e. The number of aliphatic hydroxyl groups is 1. The zero-order valence-electron chi connectivity index (χ0n) is 9.77. The lowest BCUT2D eigenvalue weighted by atomic mass is 10.1. The first-order chi connectivity index (χ1) is 8.48. The predicted octanol–water partition coefficient (Wildman–Crippen LogP) is 0.938. The molecule has 0 bridgehead atoms. The fourth-order valence-electron chi connectivity index (χ4n) is 1.79. The summed E-state index contributed by atoms with van der Waals surface area (Å²) in [5.74, 6) is 0. The quantitative estimate of drug-likeness (QED) is 0.801. The first-order valence-electron chi connectivity index (χ1n) is 5.49. The van der Waals surface area contributed by atoms with Gasteiger partial charge in [-0.05, 0) is 17.7 Å². The fourth-order valence-corrected chi connectivity index (χ4v) is 1.79. The molecule has 0 saturated carbocycles. The molecule has 1 aromatic rings. The van der Waals surface area contributed by atoms with Crippen molar-refractivity contribution in [3.05, 3.63) is 30.1 Å². The third-order valence-electron chi connectivity index (χ3n) is 2.52. The molecule has 1 unspecified atom stereocenters. The van der Waals surface area contributed by atoms with Gasteiger partial charge in [-0.2, -0.15) is 13.2 Å². The normalized spacial score (nSPS) is 13.9. The van der Waals surface area contributed by atoms with E-state index in [-0.39, 0.29) is 19.7 Å². The molecule has 0 saturated heterocycles. The van der Waals surface area contributed by atoms with E-state index in [0.717, 1.165) is 4.90 Å². The molecule has 1 atom stereocenters. The number of aromatic nitrogens is 1. The van der Waals surface area contributed by atoms with Gasteiger partial charge >= 0.3 is 6.18 Å². The average molecular weight is 263 g/mol. The topological polar surface area (TPSA) is 62.4 Å². The highest BCUT2D eigenvalue weighted by molar-refractivity contribution is 5.15. The minimum atomic E-state index is -4.32. The molecule has 0 fully saturated rings. The van der Waals surface area contributed by atoms with Gasteiger partial charge < -0.3 is 10.8 Å². The third-order valence-corrected chi connectivity index (χ3v) is 2.52. The SMILES string of the molecule is NCC(c1ccncc1)N(CCO)CC(F)(F)F. The zero-order chi connectivity index (χ0) is 13.6. The summed E-state index contributed by atoms with van der Waals surface area (Å²) in [6.45, 7) is -1.49. The van der Waals surface area contributed by atoms with Crippen LogP contribution in [0, 0.1) is 0 Å². The van der Waals surface area contributed by atoms with E-state index in [1.165, 1.54) is 12.4 Å². The summed E-state index contributed by atoms with van der Waals surface area (Å²) in [6, 6.07) is 2.66. The van der Waals surface area contributed by atoms with Crippen molar-refractivity contribution in [1.82, 2.24) is 9.88 Å². The average Bonchev–Trinajstić information content (AvgIpc) is 2.29. The number of alkyl halides is 3. The summed E-state index contributed by atoms with van der Waals surface area (Å²) in [7, 11) is 0. The number of hydrogen-bond donors (Lipinski definition) is 2. The van der Waals surface area contributed by atoms with Crippen LogP contribution in [0.3, 0.4) is 0 Å². The van der Waals surface area contributed by atoms with Crippen LogP contribution in [0.2, 0.25) is 0 Å². The van der Waals surface area contributed by atoms with Crippen LogP contribution < -0.4 is 5.73 Å². The lowest BCUT2D eigenvalue weighted by Gasteiger charge is -2.31. The van der Waals surface area contributed by atoms with Gasteiger partial charge in [0.1, 0.15) is 0 Å². The van der Waals surface area contributed by atoms with Gasteiger partial charge in [0.25, 0.3) is 0 Å². The Morgan fingerprint density at radius 2 is 1.94 bits per heavy atom. The second-order valence-corrected chi connectivity index (χ2v) is 3.84. The summed E-state index contributed by atoms with van der Waals surface area (Å²) < 4.78 is 37.4. The maximum Gasteiger partial charge on any atom is 0.401 e. The van der Waals surface area contributed by atoms with Gasteiger partial charge in [0.2, 0.25) is 0 Å². The first-order valence-corrected chi connectivity index (χ1v) is 5.49.